The van der Waals surface area contributed by atoms with Crippen LogP contribution in [0.2, 0.25) is 5.15 Å². The Morgan fingerprint density at radius 3 is 2.47 bits per heavy atom. The van der Waals surface area contributed by atoms with Gasteiger partial charge in [0.15, 0.2) is 0 Å². The number of rotatable bonds is 6. The number of pyridine rings is 1. The van der Waals surface area contributed by atoms with Gasteiger partial charge in [-0.3, -0.25) is 0 Å². The minimum absolute atomic E-state index is 0.450. The van der Waals surface area contributed by atoms with E-state index in [9.17, 15) is 0 Å². The van der Waals surface area contributed by atoms with E-state index >= 15 is 0 Å². The third-order valence-electron chi connectivity index (χ3n) is 2.44. The minimum Gasteiger partial charge on any atom is -0.399 e. The fourth-order valence-electron chi connectivity index (χ4n) is 1.60. The first kappa shape index (κ1) is 14.1. The smallest absolute Gasteiger partial charge is 0.133 e. The summed E-state index contributed by atoms with van der Waals surface area (Å²) in [6.07, 6.45) is 1.07. The Balaban J connectivity index is 2.80. The Labute approximate surface area is 108 Å². The van der Waals surface area contributed by atoms with E-state index in [1.807, 2.05) is 6.07 Å². The fraction of sp³-hybridized carbons (Fsp3) is 0.583. The molecule has 0 bridgehead atoms. The molecule has 0 radical (unpaired) electrons. The first-order valence-electron chi connectivity index (χ1n) is 5.85. The van der Waals surface area contributed by atoms with Crippen molar-refractivity contribution in [2.75, 3.05) is 44.4 Å². The third-order valence-corrected chi connectivity index (χ3v) is 2.63. The van der Waals surface area contributed by atoms with Crippen molar-refractivity contribution in [2.24, 2.45) is 0 Å². The molecular formula is C12H21ClN4. The lowest BCUT2D eigenvalue weighted by Gasteiger charge is -2.25. The standard InChI is InChI=1S/C12H21ClN4/c1-4-5-17(7-6-16(2)3)12-9-10(14)8-11(13)15-12/h8-9H,4-7H2,1-3H3,(H2,14,15). The van der Waals surface area contributed by atoms with Crippen molar-refractivity contribution in [1.82, 2.24) is 9.88 Å². The lowest BCUT2D eigenvalue weighted by atomic mass is 10.3. The van der Waals surface area contributed by atoms with Crippen molar-refractivity contribution in [3.8, 4) is 0 Å². The summed E-state index contributed by atoms with van der Waals surface area (Å²) in [6, 6.07) is 3.54. The molecule has 0 fully saturated rings. The van der Waals surface area contributed by atoms with E-state index in [0.717, 1.165) is 31.9 Å². The van der Waals surface area contributed by atoms with Crippen LogP contribution in [-0.4, -0.2) is 43.6 Å². The number of nitrogen functional groups attached to an aromatic ring is 1. The van der Waals surface area contributed by atoms with E-state index in [4.69, 9.17) is 17.3 Å². The number of aromatic nitrogens is 1. The maximum atomic E-state index is 5.93. The maximum absolute atomic E-state index is 5.93. The molecule has 0 aliphatic rings. The molecule has 4 nitrogen and oxygen atoms in total. The fourth-order valence-corrected chi connectivity index (χ4v) is 1.81. The maximum Gasteiger partial charge on any atom is 0.133 e. The molecule has 1 aromatic heterocycles. The van der Waals surface area contributed by atoms with Gasteiger partial charge in [-0.15, -0.1) is 0 Å². The van der Waals surface area contributed by atoms with Crippen LogP contribution in [0, 0.1) is 0 Å². The van der Waals surface area contributed by atoms with Crippen LogP contribution in [0.25, 0.3) is 0 Å². The number of halogens is 1. The predicted octanol–water partition coefficient (Wildman–Crippen LogP) is 2.10. The number of hydrogen-bond acceptors (Lipinski definition) is 4. The molecule has 96 valence electrons. The molecule has 17 heavy (non-hydrogen) atoms. The molecule has 0 amide bonds. The summed E-state index contributed by atoms with van der Waals surface area (Å²) in [5.74, 6) is 0.860. The van der Waals surface area contributed by atoms with E-state index in [1.165, 1.54) is 0 Å². The summed E-state index contributed by atoms with van der Waals surface area (Å²) in [5, 5.41) is 0.450. The number of nitrogens with zero attached hydrogens (tertiary/aromatic N) is 3. The molecule has 1 aromatic rings. The second-order valence-corrected chi connectivity index (χ2v) is 4.76. The van der Waals surface area contributed by atoms with E-state index in [0.29, 0.717) is 10.8 Å². The normalized spacial score (nSPS) is 10.9. The molecule has 1 rings (SSSR count). The highest BCUT2D eigenvalue weighted by molar-refractivity contribution is 6.29. The van der Waals surface area contributed by atoms with E-state index in [2.05, 4.69) is 35.8 Å². The van der Waals surface area contributed by atoms with Crippen LogP contribution in [0.1, 0.15) is 13.3 Å². The molecule has 2 N–H and O–H groups in total. The average Bonchev–Trinajstić information content (AvgIpc) is 2.22. The van der Waals surface area contributed by atoms with Gasteiger partial charge in [0.25, 0.3) is 0 Å². The van der Waals surface area contributed by atoms with Gasteiger partial charge in [0.05, 0.1) is 0 Å². The molecule has 0 aliphatic heterocycles. The first-order chi connectivity index (χ1) is 8.02. The van der Waals surface area contributed by atoms with Crippen molar-refractivity contribution >= 4 is 23.1 Å². The molecule has 0 unspecified atom stereocenters. The molecule has 0 spiro atoms. The lowest BCUT2D eigenvalue weighted by Crippen LogP contribution is -2.33. The van der Waals surface area contributed by atoms with Crippen molar-refractivity contribution < 1.29 is 0 Å². The highest BCUT2D eigenvalue weighted by Gasteiger charge is 2.09. The second-order valence-electron chi connectivity index (χ2n) is 4.37. The quantitative estimate of drug-likeness (QED) is 0.792. The van der Waals surface area contributed by atoms with Gasteiger partial charge < -0.3 is 15.5 Å². The molecule has 0 saturated heterocycles. The minimum atomic E-state index is 0.450. The highest BCUT2D eigenvalue weighted by Crippen LogP contribution is 2.19. The molecular weight excluding hydrogens is 236 g/mol. The van der Waals surface area contributed by atoms with Crippen LogP contribution >= 0.6 is 11.6 Å². The predicted molar refractivity (Wildman–Crippen MR) is 74.7 cm³/mol. The zero-order chi connectivity index (χ0) is 12.8. The van der Waals surface area contributed by atoms with Gasteiger partial charge in [-0.05, 0) is 26.6 Å². The van der Waals surface area contributed by atoms with Crippen LogP contribution in [0.5, 0.6) is 0 Å². The Bertz CT molecular complexity index is 334. The number of nitrogens with two attached hydrogens (primary N) is 1. The van der Waals surface area contributed by atoms with E-state index in [-0.39, 0.29) is 0 Å². The van der Waals surface area contributed by atoms with Crippen LogP contribution < -0.4 is 10.6 Å². The monoisotopic (exact) mass is 256 g/mol. The van der Waals surface area contributed by atoms with Crippen molar-refractivity contribution in [2.45, 2.75) is 13.3 Å². The Morgan fingerprint density at radius 2 is 1.94 bits per heavy atom. The Hall–Kier alpha value is -1.00. The van der Waals surface area contributed by atoms with Gasteiger partial charge in [0.2, 0.25) is 0 Å². The van der Waals surface area contributed by atoms with Crippen molar-refractivity contribution in [3.63, 3.8) is 0 Å². The third kappa shape index (κ3) is 4.79. The zero-order valence-electron chi connectivity index (χ0n) is 10.8. The molecule has 0 atom stereocenters. The summed E-state index contributed by atoms with van der Waals surface area (Å²) in [4.78, 5) is 8.68. The van der Waals surface area contributed by atoms with E-state index in [1.54, 1.807) is 6.07 Å². The van der Waals surface area contributed by atoms with Crippen LogP contribution in [-0.2, 0) is 0 Å². The van der Waals surface area contributed by atoms with Crippen LogP contribution in [0.4, 0.5) is 11.5 Å². The van der Waals surface area contributed by atoms with Crippen LogP contribution in [0.3, 0.4) is 0 Å². The SMILES string of the molecule is CCCN(CCN(C)C)c1cc(N)cc(Cl)n1. The zero-order valence-corrected chi connectivity index (χ0v) is 11.5. The second kappa shape index (κ2) is 6.67. The number of hydrogen-bond donors (Lipinski definition) is 1. The molecule has 0 aliphatic carbocycles. The Morgan fingerprint density at radius 1 is 1.24 bits per heavy atom. The van der Waals surface area contributed by atoms with Gasteiger partial charge in [0.1, 0.15) is 11.0 Å². The largest absolute Gasteiger partial charge is 0.399 e. The van der Waals surface area contributed by atoms with Gasteiger partial charge in [-0.1, -0.05) is 18.5 Å². The number of likely N-dealkylation sites (N-methyl/N-ethyl adjacent to an activating group) is 1. The van der Waals surface area contributed by atoms with Crippen molar-refractivity contribution in [3.05, 3.63) is 17.3 Å². The summed E-state index contributed by atoms with van der Waals surface area (Å²) >= 11 is 5.93. The topological polar surface area (TPSA) is 45.4 Å². The first-order valence-corrected chi connectivity index (χ1v) is 6.23. The van der Waals surface area contributed by atoms with Gasteiger partial charge in [-0.2, -0.15) is 0 Å². The number of anilines is 2. The Kier molecular flexibility index (Phi) is 5.51. The van der Waals surface area contributed by atoms with Gasteiger partial charge in [0, 0.05) is 31.4 Å². The summed E-state index contributed by atoms with van der Waals surface area (Å²) < 4.78 is 0. The summed E-state index contributed by atoms with van der Waals surface area (Å²) in [6.45, 7) is 5.01. The van der Waals surface area contributed by atoms with Crippen molar-refractivity contribution in [1.29, 1.82) is 0 Å². The summed E-state index contributed by atoms with van der Waals surface area (Å²) in [7, 11) is 4.12. The van der Waals surface area contributed by atoms with Crippen LogP contribution in [0.15, 0.2) is 12.1 Å². The molecule has 0 saturated carbocycles. The van der Waals surface area contributed by atoms with Gasteiger partial charge >= 0.3 is 0 Å². The summed E-state index contributed by atoms with van der Waals surface area (Å²) in [5.41, 5.74) is 6.45. The van der Waals surface area contributed by atoms with E-state index < -0.39 is 0 Å². The lowest BCUT2D eigenvalue weighted by molar-refractivity contribution is 0.412. The molecule has 1 heterocycles. The molecule has 5 heteroatoms. The molecule has 0 aromatic carbocycles. The average molecular weight is 257 g/mol. The highest BCUT2D eigenvalue weighted by atomic mass is 35.5. The van der Waals surface area contributed by atoms with Gasteiger partial charge in [-0.25, -0.2) is 4.98 Å².